The zero-order chi connectivity index (χ0) is 18.8. The van der Waals surface area contributed by atoms with Crippen LogP contribution in [0, 0.1) is 0 Å². The molecule has 0 bridgehead atoms. The minimum atomic E-state index is -3.41. The van der Waals surface area contributed by atoms with E-state index in [0.717, 1.165) is 38.4 Å². The van der Waals surface area contributed by atoms with E-state index in [9.17, 15) is 8.42 Å². The molecule has 0 unspecified atom stereocenters. The third-order valence-electron chi connectivity index (χ3n) is 4.35. The normalized spacial score (nSPS) is 16.0. The van der Waals surface area contributed by atoms with Gasteiger partial charge in [0.2, 0.25) is 10.0 Å². The molecule has 1 aromatic rings. The van der Waals surface area contributed by atoms with Crippen LogP contribution < -0.4 is 9.62 Å². The van der Waals surface area contributed by atoms with Crippen LogP contribution in [-0.4, -0.2) is 78.7 Å². The second-order valence-electron chi connectivity index (χ2n) is 6.40. The third kappa shape index (κ3) is 7.11. The van der Waals surface area contributed by atoms with E-state index in [1.54, 1.807) is 7.11 Å². The van der Waals surface area contributed by atoms with Crippen LogP contribution in [0.1, 0.15) is 13.3 Å². The van der Waals surface area contributed by atoms with Crippen molar-refractivity contribution in [2.45, 2.75) is 13.3 Å². The number of benzene rings is 1. The topological polar surface area (TPSA) is 71.1 Å². The van der Waals surface area contributed by atoms with Gasteiger partial charge in [-0.1, -0.05) is 6.92 Å². The van der Waals surface area contributed by atoms with Gasteiger partial charge in [-0.2, -0.15) is 0 Å². The SMILES string of the molecule is CCCN1CCN(c2ccc(NS(=O)(=O)CCOCCOC)cc2)CC1. The van der Waals surface area contributed by atoms with E-state index < -0.39 is 10.0 Å². The number of ether oxygens (including phenoxy) is 2. The Bertz CT molecular complexity index is 614. The van der Waals surface area contributed by atoms with E-state index in [1.165, 1.54) is 6.42 Å². The van der Waals surface area contributed by atoms with Crippen molar-refractivity contribution in [2.24, 2.45) is 0 Å². The summed E-state index contributed by atoms with van der Waals surface area (Å²) in [5.74, 6) is -0.0716. The number of sulfonamides is 1. The van der Waals surface area contributed by atoms with Gasteiger partial charge in [-0.25, -0.2) is 8.42 Å². The summed E-state index contributed by atoms with van der Waals surface area (Å²) in [6, 6.07) is 7.58. The molecule has 1 heterocycles. The van der Waals surface area contributed by atoms with Crippen LogP contribution in [0.5, 0.6) is 0 Å². The molecule has 148 valence electrons. The summed E-state index contributed by atoms with van der Waals surface area (Å²) in [6.07, 6.45) is 1.19. The monoisotopic (exact) mass is 385 g/mol. The Balaban J connectivity index is 1.80. The van der Waals surface area contributed by atoms with Crippen LogP contribution in [0.3, 0.4) is 0 Å². The smallest absolute Gasteiger partial charge is 0.234 e. The summed E-state index contributed by atoms with van der Waals surface area (Å²) in [4.78, 5) is 4.82. The first-order valence-electron chi connectivity index (χ1n) is 9.18. The van der Waals surface area contributed by atoms with E-state index in [1.807, 2.05) is 24.3 Å². The molecule has 0 atom stereocenters. The average Bonchev–Trinajstić information content (AvgIpc) is 2.63. The maximum Gasteiger partial charge on any atom is 0.234 e. The van der Waals surface area contributed by atoms with Gasteiger partial charge in [-0.15, -0.1) is 0 Å². The van der Waals surface area contributed by atoms with Crippen molar-refractivity contribution in [3.63, 3.8) is 0 Å². The quantitative estimate of drug-likeness (QED) is 0.584. The van der Waals surface area contributed by atoms with Crippen molar-refractivity contribution in [1.29, 1.82) is 0 Å². The van der Waals surface area contributed by atoms with Gasteiger partial charge in [0, 0.05) is 44.7 Å². The van der Waals surface area contributed by atoms with Gasteiger partial charge in [0.25, 0.3) is 0 Å². The molecule has 0 spiro atoms. The Morgan fingerprint density at radius 3 is 2.35 bits per heavy atom. The highest BCUT2D eigenvalue weighted by molar-refractivity contribution is 7.92. The van der Waals surface area contributed by atoms with Crippen LogP contribution in [0.15, 0.2) is 24.3 Å². The minimum absolute atomic E-state index is 0.0716. The molecule has 1 aromatic carbocycles. The molecule has 2 rings (SSSR count). The van der Waals surface area contributed by atoms with E-state index in [0.29, 0.717) is 18.9 Å². The number of anilines is 2. The number of hydrogen-bond donors (Lipinski definition) is 1. The molecule has 0 aromatic heterocycles. The van der Waals surface area contributed by atoms with Crippen molar-refractivity contribution in [3.05, 3.63) is 24.3 Å². The minimum Gasteiger partial charge on any atom is -0.382 e. The highest BCUT2D eigenvalue weighted by Crippen LogP contribution is 2.20. The number of nitrogens with zero attached hydrogens (tertiary/aromatic N) is 2. The first-order chi connectivity index (χ1) is 12.5. The Kier molecular flexibility index (Phi) is 8.64. The van der Waals surface area contributed by atoms with Crippen molar-refractivity contribution in [3.8, 4) is 0 Å². The predicted molar refractivity (Wildman–Crippen MR) is 105 cm³/mol. The Hall–Kier alpha value is -1.35. The lowest BCUT2D eigenvalue weighted by atomic mass is 10.2. The van der Waals surface area contributed by atoms with E-state index >= 15 is 0 Å². The molecule has 8 heteroatoms. The zero-order valence-corrected chi connectivity index (χ0v) is 16.6. The first kappa shape index (κ1) is 21.0. The maximum absolute atomic E-state index is 12.1. The molecule has 0 amide bonds. The number of hydrogen-bond acceptors (Lipinski definition) is 6. The molecule has 0 aliphatic carbocycles. The van der Waals surface area contributed by atoms with Crippen LogP contribution in [0.4, 0.5) is 11.4 Å². The third-order valence-corrected chi connectivity index (χ3v) is 5.60. The van der Waals surface area contributed by atoms with Crippen LogP contribution >= 0.6 is 0 Å². The first-order valence-corrected chi connectivity index (χ1v) is 10.8. The Morgan fingerprint density at radius 2 is 1.73 bits per heavy atom. The van der Waals surface area contributed by atoms with Crippen molar-refractivity contribution >= 4 is 21.4 Å². The maximum atomic E-state index is 12.1. The number of methoxy groups -OCH3 is 1. The van der Waals surface area contributed by atoms with E-state index in [-0.39, 0.29) is 12.4 Å². The number of rotatable bonds is 11. The standard InChI is InChI=1S/C18H31N3O4S/c1-3-8-20-9-11-21(12-10-20)18-6-4-17(5-7-18)19-26(22,23)16-15-25-14-13-24-2/h4-7,19H,3,8-16H2,1-2H3. The van der Waals surface area contributed by atoms with Crippen LogP contribution in [0.25, 0.3) is 0 Å². The van der Waals surface area contributed by atoms with Gasteiger partial charge in [-0.3, -0.25) is 9.62 Å². The lowest BCUT2D eigenvalue weighted by Gasteiger charge is -2.36. The predicted octanol–water partition coefficient (Wildman–Crippen LogP) is 1.62. The van der Waals surface area contributed by atoms with Gasteiger partial charge in [0.15, 0.2) is 0 Å². The largest absolute Gasteiger partial charge is 0.382 e. The summed E-state index contributed by atoms with van der Waals surface area (Å²) >= 11 is 0. The Labute approximate surface area is 157 Å². The van der Waals surface area contributed by atoms with Crippen LogP contribution in [0.2, 0.25) is 0 Å². The van der Waals surface area contributed by atoms with Gasteiger partial charge in [-0.05, 0) is 37.2 Å². The van der Waals surface area contributed by atoms with Crippen molar-refractivity contribution < 1.29 is 17.9 Å². The number of piperazine rings is 1. The molecule has 1 N–H and O–H groups in total. The van der Waals surface area contributed by atoms with Gasteiger partial charge in [0.1, 0.15) is 0 Å². The zero-order valence-electron chi connectivity index (χ0n) is 15.8. The molecular formula is C18H31N3O4S. The average molecular weight is 386 g/mol. The fourth-order valence-electron chi connectivity index (χ4n) is 2.93. The summed E-state index contributed by atoms with van der Waals surface area (Å²) in [5, 5.41) is 0. The van der Waals surface area contributed by atoms with E-state index in [4.69, 9.17) is 9.47 Å². The molecule has 7 nitrogen and oxygen atoms in total. The molecule has 0 radical (unpaired) electrons. The summed E-state index contributed by atoms with van der Waals surface area (Å²) in [7, 11) is -1.83. The Morgan fingerprint density at radius 1 is 1.04 bits per heavy atom. The highest BCUT2D eigenvalue weighted by atomic mass is 32.2. The molecule has 26 heavy (non-hydrogen) atoms. The second-order valence-corrected chi connectivity index (χ2v) is 8.24. The second kappa shape index (κ2) is 10.7. The molecule has 1 aliphatic rings. The summed E-state index contributed by atoms with van der Waals surface area (Å²) < 4.78 is 36.8. The summed E-state index contributed by atoms with van der Waals surface area (Å²) in [5.41, 5.74) is 1.71. The number of nitrogens with one attached hydrogen (secondary N) is 1. The molecule has 1 fully saturated rings. The van der Waals surface area contributed by atoms with Crippen molar-refractivity contribution in [1.82, 2.24) is 4.90 Å². The molecule has 1 saturated heterocycles. The van der Waals surface area contributed by atoms with Gasteiger partial charge < -0.3 is 14.4 Å². The van der Waals surface area contributed by atoms with E-state index in [2.05, 4.69) is 21.4 Å². The fraction of sp³-hybridized carbons (Fsp3) is 0.667. The highest BCUT2D eigenvalue weighted by Gasteiger charge is 2.16. The fourth-order valence-corrected chi connectivity index (χ4v) is 3.86. The molecular weight excluding hydrogens is 354 g/mol. The van der Waals surface area contributed by atoms with Gasteiger partial charge >= 0.3 is 0 Å². The lowest BCUT2D eigenvalue weighted by molar-refractivity contribution is 0.0785. The molecule has 1 aliphatic heterocycles. The van der Waals surface area contributed by atoms with Gasteiger partial charge in [0.05, 0.1) is 25.6 Å². The molecule has 0 saturated carbocycles. The summed E-state index contributed by atoms with van der Waals surface area (Å²) in [6.45, 7) is 8.53. The lowest BCUT2D eigenvalue weighted by Crippen LogP contribution is -2.46. The van der Waals surface area contributed by atoms with Crippen molar-refractivity contribution in [2.75, 3.05) is 75.0 Å². The van der Waals surface area contributed by atoms with Crippen LogP contribution in [-0.2, 0) is 19.5 Å².